The van der Waals surface area contributed by atoms with Gasteiger partial charge in [0.2, 0.25) is 0 Å². The predicted molar refractivity (Wildman–Crippen MR) is 285 cm³/mol. The summed E-state index contributed by atoms with van der Waals surface area (Å²) in [6.45, 7) is 0. The van der Waals surface area contributed by atoms with Crippen LogP contribution in [0.2, 0.25) is 0 Å². The van der Waals surface area contributed by atoms with Gasteiger partial charge in [-0.25, -0.2) is 0 Å². The number of nitrogens with one attached hydrogen (secondary N) is 1. The van der Waals surface area contributed by atoms with Gasteiger partial charge in [0.15, 0.2) is 0 Å². The molecule has 0 fully saturated rings. The van der Waals surface area contributed by atoms with Crippen molar-refractivity contribution in [1.82, 2.24) is 0 Å². The molecule has 0 aliphatic carbocycles. The molecule has 5 heteroatoms. The second-order valence-electron chi connectivity index (χ2n) is 17.3. The molecule has 1 N–H and O–H groups in total. The molecule has 0 atom stereocenters. The average molecular weight is 874 g/mol. The largest absolute Gasteiger partial charge is 0.455 e. The van der Waals surface area contributed by atoms with Crippen molar-refractivity contribution in [1.29, 1.82) is 0 Å². The molecule has 3 heterocycles. The third kappa shape index (κ3) is 5.99. The number of hydrogen-bond acceptors (Lipinski definition) is 5. The van der Waals surface area contributed by atoms with Gasteiger partial charge in [-0.2, -0.15) is 0 Å². The quantitative estimate of drug-likeness (QED) is 0.180. The van der Waals surface area contributed by atoms with E-state index >= 15 is 0 Å². The molecular weight excluding hydrogens is 835 g/mol. The van der Waals surface area contributed by atoms with Crippen LogP contribution >= 0.6 is 11.3 Å². The van der Waals surface area contributed by atoms with Crippen LogP contribution in [-0.4, -0.2) is 0 Å². The van der Waals surface area contributed by atoms with E-state index in [0.717, 1.165) is 78.6 Å². The minimum atomic E-state index is 0.891. The minimum Gasteiger partial charge on any atom is -0.455 e. The Labute approximate surface area is 390 Å². The Hall–Kier alpha value is -8.64. The highest BCUT2D eigenvalue weighted by Crippen LogP contribution is 2.53. The minimum absolute atomic E-state index is 0.891. The maximum absolute atomic E-state index is 6.59. The van der Waals surface area contributed by atoms with Gasteiger partial charge in [-0.15, -0.1) is 11.3 Å². The lowest BCUT2D eigenvalue weighted by Gasteiger charge is -2.36. The Kier molecular flexibility index (Phi) is 8.42. The van der Waals surface area contributed by atoms with Gasteiger partial charge in [0.25, 0.3) is 0 Å². The number of para-hydroxylation sites is 3. The Morgan fingerprint density at radius 3 is 1.93 bits per heavy atom. The number of hydrogen-bond donors (Lipinski definition) is 1. The number of rotatable bonds is 6. The highest BCUT2D eigenvalue weighted by Gasteiger charge is 2.28. The van der Waals surface area contributed by atoms with Crippen LogP contribution in [0.3, 0.4) is 0 Å². The molecule has 0 bridgehead atoms. The first-order chi connectivity index (χ1) is 33.2. The maximum atomic E-state index is 6.59. The summed E-state index contributed by atoms with van der Waals surface area (Å²) < 4.78 is 9.21. The Balaban J connectivity index is 0.972. The molecule has 1 aliphatic rings. The lowest BCUT2D eigenvalue weighted by molar-refractivity contribution is 0.670. The van der Waals surface area contributed by atoms with E-state index in [1.807, 2.05) is 17.4 Å². The van der Waals surface area contributed by atoms with Crippen LogP contribution < -0.4 is 15.1 Å². The number of furan rings is 1. The SMILES string of the molecule is c1ccc(N(c2ccc3c(c2)Nc2cc(-c4cccc5c4oc4ccccc45)ccc2N3c2ccc(-c3ccc4sc5ccccc5c4c3)c3ccccc23)c2cccc3ccccc23)cc1. The number of nitrogens with zero attached hydrogens (tertiary/aromatic N) is 2. The van der Waals surface area contributed by atoms with Crippen LogP contribution in [0.1, 0.15) is 0 Å². The summed E-state index contributed by atoms with van der Waals surface area (Å²) in [5.74, 6) is 0. The summed E-state index contributed by atoms with van der Waals surface area (Å²) in [4.78, 5) is 4.82. The zero-order valence-corrected chi connectivity index (χ0v) is 37.0. The van der Waals surface area contributed by atoms with Crippen LogP contribution in [0.25, 0.3) is 85.9 Å². The van der Waals surface area contributed by atoms with Crippen molar-refractivity contribution in [3.05, 3.63) is 231 Å². The van der Waals surface area contributed by atoms with Crippen molar-refractivity contribution in [2.75, 3.05) is 15.1 Å². The summed E-state index contributed by atoms with van der Waals surface area (Å²) in [6.07, 6.45) is 0. The standard InChI is InChI=1S/C62H39N3OS/c1-2-16-42(17-3-1)64(55-25-12-15-39-14-4-5-18-45(39)55)43-30-33-58-54(38-43)63-53-37-41(46-23-13-24-51-49-21-8-10-26-59(49)66-62(46)51)28-32-57(53)65(58)56-34-31-44(47-19-6-7-20-48(47)56)40-29-35-61-52(36-40)50-22-9-11-27-60(50)67-61/h1-38,63H. The molecule has 11 aromatic carbocycles. The first-order valence-corrected chi connectivity index (χ1v) is 23.6. The number of benzene rings is 11. The fourth-order valence-electron chi connectivity index (χ4n) is 10.5. The Bertz CT molecular complexity index is 4110. The fraction of sp³-hybridized carbons (Fsp3) is 0. The third-order valence-corrected chi connectivity index (χ3v) is 14.7. The van der Waals surface area contributed by atoms with Crippen molar-refractivity contribution in [3.63, 3.8) is 0 Å². The smallest absolute Gasteiger partial charge is 0.143 e. The van der Waals surface area contributed by atoms with Gasteiger partial charge in [-0.1, -0.05) is 152 Å². The molecule has 4 nitrogen and oxygen atoms in total. The lowest BCUT2D eigenvalue weighted by Crippen LogP contribution is -2.19. The molecule has 0 saturated heterocycles. The summed E-state index contributed by atoms with van der Waals surface area (Å²) in [7, 11) is 0. The summed E-state index contributed by atoms with van der Waals surface area (Å²) >= 11 is 1.86. The van der Waals surface area contributed by atoms with Crippen molar-refractivity contribution < 1.29 is 4.42 Å². The van der Waals surface area contributed by atoms with Gasteiger partial charge in [0.1, 0.15) is 11.2 Å². The highest BCUT2D eigenvalue weighted by molar-refractivity contribution is 7.25. The van der Waals surface area contributed by atoms with E-state index in [1.165, 1.54) is 52.8 Å². The summed E-state index contributed by atoms with van der Waals surface area (Å²) in [5.41, 5.74) is 14.9. The van der Waals surface area contributed by atoms with Gasteiger partial charge < -0.3 is 19.5 Å². The molecule has 2 aromatic heterocycles. The molecule has 14 rings (SSSR count). The van der Waals surface area contributed by atoms with Crippen molar-refractivity contribution in [2.24, 2.45) is 0 Å². The molecule has 314 valence electrons. The predicted octanol–water partition coefficient (Wildman–Crippen LogP) is 18.6. The third-order valence-electron chi connectivity index (χ3n) is 13.6. The second-order valence-corrected chi connectivity index (χ2v) is 18.4. The first-order valence-electron chi connectivity index (χ1n) is 22.7. The van der Waals surface area contributed by atoms with E-state index in [-0.39, 0.29) is 0 Å². The van der Waals surface area contributed by atoms with Crippen molar-refractivity contribution in [2.45, 2.75) is 0 Å². The molecule has 1 aliphatic heterocycles. The van der Waals surface area contributed by atoms with Crippen LogP contribution in [0.15, 0.2) is 235 Å². The molecule has 0 spiro atoms. The topological polar surface area (TPSA) is 31.6 Å². The second kappa shape index (κ2) is 15.0. The fourth-order valence-corrected chi connectivity index (χ4v) is 11.6. The van der Waals surface area contributed by atoms with E-state index in [1.54, 1.807) is 0 Å². The average Bonchev–Trinajstić information content (AvgIpc) is 3.96. The molecule has 0 saturated carbocycles. The summed E-state index contributed by atoms with van der Waals surface area (Å²) in [5, 5.41) is 13.6. The normalized spacial score (nSPS) is 12.3. The molecule has 0 unspecified atom stereocenters. The maximum Gasteiger partial charge on any atom is 0.143 e. The lowest BCUT2D eigenvalue weighted by atomic mass is 9.94. The van der Waals surface area contributed by atoms with Crippen LogP contribution in [0.5, 0.6) is 0 Å². The monoisotopic (exact) mass is 873 g/mol. The van der Waals surface area contributed by atoms with Crippen molar-refractivity contribution >= 4 is 120 Å². The van der Waals surface area contributed by atoms with Gasteiger partial charge in [-0.05, 0) is 106 Å². The van der Waals surface area contributed by atoms with Crippen LogP contribution in [-0.2, 0) is 0 Å². The van der Waals surface area contributed by atoms with E-state index < -0.39 is 0 Å². The Morgan fingerprint density at radius 1 is 0.388 bits per heavy atom. The number of fused-ring (bicyclic) bond motifs is 10. The molecule has 67 heavy (non-hydrogen) atoms. The molecule has 0 radical (unpaired) electrons. The zero-order valence-electron chi connectivity index (χ0n) is 36.2. The zero-order chi connectivity index (χ0) is 44.0. The van der Waals surface area contributed by atoms with Gasteiger partial charge in [0, 0.05) is 58.7 Å². The molecule has 13 aromatic rings. The van der Waals surface area contributed by atoms with E-state index in [0.29, 0.717) is 0 Å². The molecular formula is C62H39N3OS. The highest BCUT2D eigenvalue weighted by atomic mass is 32.1. The van der Waals surface area contributed by atoms with Crippen molar-refractivity contribution in [3.8, 4) is 22.3 Å². The number of anilines is 8. The van der Waals surface area contributed by atoms with E-state index in [4.69, 9.17) is 4.42 Å². The van der Waals surface area contributed by atoms with Crippen LogP contribution in [0.4, 0.5) is 45.5 Å². The van der Waals surface area contributed by atoms with Gasteiger partial charge in [-0.3, -0.25) is 0 Å². The Morgan fingerprint density at radius 2 is 1.03 bits per heavy atom. The molecule has 0 amide bonds. The van der Waals surface area contributed by atoms with E-state index in [2.05, 4.69) is 240 Å². The van der Waals surface area contributed by atoms with Gasteiger partial charge in [0.05, 0.1) is 34.1 Å². The van der Waals surface area contributed by atoms with E-state index in [9.17, 15) is 0 Å². The van der Waals surface area contributed by atoms with Gasteiger partial charge >= 0.3 is 0 Å². The summed E-state index contributed by atoms with van der Waals surface area (Å²) in [6, 6.07) is 83.5. The first kappa shape index (κ1) is 37.7. The number of thiophene rings is 1. The van der Waals surface area contributed by atoms with Crippen LogP contribution in [0, 0.1) is 0 Å².